The van der Waals surface area contributed by atoms with E-state index in [1.54, 1.807) is 0 Å². The minimum Gasteiger partial charge on any atom is -0.375 e. The van der Waals surface area contributed by atoms with Crippen LogP contribution >= 0.6 is 0 Å². The van der Waals surface area contributed by atoms with Gasteiger partial charge in [-0.05, 0) is 31.2 Å². The molecule has 2 aromatic carbocycles. The van der Waals surface area contributed by atoms with Gasteiger partial charge in [0, 0.05) is 29.9 Å². The van der Waals surface area contributed by atoms with Crippen LogP contribution in [-0.4, -0.2) is 42.2 Å². The van der Waals surface area contributed by atoms with Gasteiger partial charge in [0.2, 0.25) is 0 Å². The van der Waals surface area contributed by atoms with Gasteiger partial charge in [0.05, 0.1) is 20.1 Å². The Labute approximate surface area is 192 Å². The van der Waals surface area contributed by atoms with E-state index in [4.69, 9.17) is 0 Å². The first-order valence-corrected chi connectivity index (χ1v) is 12.3. The summed E-state index contributed by atoms with van der Waals surface area (Å²) >= 11 is 0. The summed E-state index contributed by atoms with van der Waals surface area (Å²) in [6, 6.07) is 18.4. The van der Waals surface area contributed by atoms with Gasteiger partial charge in [-0.25, -0.2) is 0 Å². The normalized spacial score (nSPS) is 31.2. The molecule has 3 atom stereocenters. The second-order valence-electron chi connectivity index (χ2n) is 10.9. The molecule has 2 N–H and O–H groups in total. The Bertz CT molecular complexity index is 956. The molecule has 5 rings (SSSR count). The number of amides is 1. The van der Waals surface area contributed by atoms with E-state index in [0.717, 1.165) is 42.3 Å². The van der Waals surface area contributed by atoms with Gasteiger partial charge in [0.15, 0.2) is 5.60 Å². The molecule has 1 heterocycles. The summed E-state index contributed by atoms with van der Waals surface area (Å²) in [5, 5.41) is 14.8. The zero-order valence-corrected chi connectivity index (χ0v) is 19.5. The number of hydrogen-bond donors (Lipinski definition) is 2. The molecule has 1 amide bonds. The maximum absolute atomic E-state index is 13.3. The number of rotatable bonds is 7. The largest absolute Gasteiger partial charge is 0.375 e. The fourth-order valence-corrected chi connectivity index (χ4v) is 6.77. The van der Waals surface area contributed by atoms with Crippen molar-refractivity contribution < 1.29 is 14.4 Å². The maximum Gasteiger partial charge on any atom is 0.256 e. The van der Waals surface area contributed by atoms with E-state index in [-0.39, 0.29) is 11.8 Å². The number of aryl methyl sites for hydroxylation is 1. The highest BCUT2D eigenvalue weighted by Crippen LogP contribution is 2.54. The SMILES string of the molecule is Cc1cccc(C[N+]2(C)CC3C(CNC(=O)C(O)(c4ccccc4)C4CCCC4)C3C2)c1. The van der Waals surface area contributed by atoms with E-state index < -0.39 is 5.60 Å². The molecule has 3 unspecified atom stereocenters. The minimum atomic E-state index is -1.41. The lowest BCUT2D eigenvalue weighted by atomic mass is 9.79. The fraction of sp³-hybridized carbons (Fsp3) is 0.536. The first-order chi connectivity index (χ1) is 15.4. The lowest BCUT2D eigenvalue weighted by Crippen LogP contribution is -2.50. The standard InChI is InChI=1S/C28H36N2O2/c1-20-9-8-10-21(15-20)17-30(2)18-25-24(26(25)19-30)16-29-27(31)28(32,23-13-6-7-14-23)22-11-4-3-5-12-22/h3-5,8-12,15,23-26,32H,6-7,13-14,16-19H2,1-2H3/p+1. The van der Waals surface area contributed by atoms with E-state index in [1.165, 1.54) is 24.2 Å². The van der Waals surface area contributed by atoms with Gasteiger partial charge in [0.1, 0.15) is 6.54 Å². The summed E-state index contributed by atoms with van der Waals surface area (Å²) in [7, 11) is 2.37. The van der Waals surface area contributed by atoms with Crippen LogP contribution in [0.15, 0.2) is 54.6 Å². The van der Waals surface area contributed by atoms with Crippen molar-refractivity contribution in [3.63, 3.8) is 0 Å². The maximum atomic E-state index is 13.3. The van der Waals surface area contributed by atoms with Gasteiger partial charge in [-0.15, -0.1) is 0 Å². The van der Waals surface area contributed by atoms with Crippen LogP contribution in [0, 0.1) is 30.6 Å². The molecule has 4 heteroatoms. The van der Waals surface area contributed by atoms with Crippen molar-refractivity contribution in [2.24, 2.45) is 23.7 Å². The Kier molecular flexibility index (Phi) is 5.63. The van der Waals surface area contributed by atoms with Gasteiger partial charge in [-0.2, -0.15) is 0 Å². The first-order valence-electron chi connectivity index (χ1n) is 12.3. The highest BCUT2D eigenvalue weighted by molar-refractivity contribution is 5.86. The lowest BCUT2D eigenvalue weighted by Gasteiger charge is -2.34. The summed E-state index contributed by atoms with van der Waals surface area (Å²) in [6.07, 6.45) is 4.03. The highest BCUT2D eigenvalue weighted by atomic mass is 16.3. The van der Waals surface area contributed by atoms with E-state index in [1.807, 2.05) is 30.3 Å². The molecular weight excluding hydrogens is 396 g/mol. The van der Waals surface area contributed by atoms with Crippen molar-refractivity contribution in [2.75, 3.05) is 26.7 Å². The van der Waals surface area contributed by atoms with Gasteiger partial charge in [0.25, 0.3) is 5.91 Å². The Morgan fingerprint density at radius 1 is 1.06 bits per heavy atom. The zero-order chi connectivity index (χ0) is 22.3. The second-order valence-corrected chi connectivity index (χ2v) is 10.9. The van der Waals surface area contributed by atoms with Gasteiger partial charge < -0.3 is 14.9 Å². The molecule has 170 valence electrons. The van der Waals surface area contributed by atoms with Crippen LogP contribution in [0.3, 0.4) is 0 Å². The van der Waals surface area contributed by atoms with E-state index in [0.29, 0.717) is 24.3 Å². The van der Waals surface area contributed by atoms with Crippen LogP contribution in [0.4, 0.5) is 0 Å². The monoisotopic (exact) mass is 433 g/mol. The summed E-state index contributed by atoms with van der Waals surface area (Å²) in [5.41, 5.74) is 2.08. The number of quaternary nitrogens is 1. The molecule has 32 heavy (non-hydrogen) atoms. The van der Waals surface area contributed by atoms with Crippen LogP contribution in [0.2, 0.25) is 0 Å². The predicted molar refractivity (Wildman–Crippen MR) is 127 cm³/mol. The van der Waals surface area contributed by atoms with Gasteiger partial charge >= 0.3 is 0 Å². The quantitative estimate of drug-likeness (QED) is 0.648. The number of aliphatic hydroxyl groups is 1. The number of hydrogen-bond acceptors (Lipinski definition) is 2. The molecule has 4 nitrogen and oxygen atoms in total. The van der Waals surface area contributed by atoms with Crippen molar-refractivity contribution >= 4 is 5.91 Å². The number of piperidine rings is 1. The summed E-state index contributed by atoms with van der Waals surface area (Å²) in [6.45, 7) is 6.31. The molecule has 1 aliphatic heterocycles. The molecule has 0 spiro atoms. The van der Waals surface area contributed by atoms with E-state index >= 15 is 0 Å². The third-order valence-corrected chi connectivity index (χ3v) is 8.46. The Morgan fingerprint density at radius 2 is 1.75 bits per heavy atom. The predicted octanol–water partition coefficient (Wildman–Crippen LogP) is 4.01. The van der Waals surface area contributed by atoms with Gasteiger partial charge in [-0.3, -0.25) is 4.79 Å². The second kappa shape index (κ2) is 8.31. The average molecular weight is 434 g/mol. The van der Waals surface area contributed by atoms with E-state index in [2.05, 4.69) is 43.6 Å². The number of fused-ring (bicyclic) bond motifs is 1. The fourth-order valence-electron chi connectivity index (χ4n) is 6.77. The van der Waals surface area contributed by atoms with Crippen molar-refractivity contribution in [3.8, 4) is 0 Å². The number of carbonyl (C=O) groups is 1. The summed E-state index contributed by atoms with van der Waals surface area (Å²) in [5.74, 6) is 1.77. The van der Waals surface area contributed by atoms with Crippen LogP contribution < -0.4 is 5.32 Å². The summed E-state index contributed by atoms with van der Waals surface area (Å²) in [4.78, 5) is 13.3. The van der Waals surface area contributed by atoms with E-state index in [9.17, 15) is 9.90 Å². The molecular formula is C28H37N2O2+. The third kappa shape index (κ3) is 3.99. The van der Waals surface area contributed by atoms with Crippen LogP contribution in [0.25, 0.3) is 0 Å². The molecule has 2 aliphatic carbocycles. The number of likely N-dealkylation sites (tertiary alicyclic amines) is 1. The number of nitrogens with one attached hydrogen (secondary N) is 1. The number of carbonyl (C=O) groups excluding carboxylic acids is 1. The van der Waals surface area contributed by atoms with Gasteiger partial charge in [-0.1, -0.05) is 73.0 Å². The first kappa shape index (κ1) is 21.7. The van der Waals surface area contributed by atoms with Crippen LogP contribution in [0.1, 0.15) is 42.4 Å². The Morgan fingerprint density at radius 3 is 2.41 bits per heavy atom. The smallest absolute Gasteiger partial charge is 0.256 e. The van der Waals surface area contributed by atoms with Crippen molar-refractivity contribution in [1.82, 2.24) is 5.32 Å². The van der Waals surface area contributed by atoms with Crippen LogP contribution in [-0.2, 0) is 16.9 Å². The Balaban J connectivity index is 1.19. The minimum absolute atomic E-state index is 0.0119. The number of nitrogens with zero attached hydrogens (tertiary/aromatic N) is 1. The molecule has 1 saturated heterocycles. The van der Waals surface area contributed by atoms with Crippen molar-refractivity contribution in [3.05, 3.63) is 71.3 Å². The van der Waals surface area contributed by atoms with Crippen LogP contribution in [0.5, 0.6) is 0 Å². The number of benzene rings is 2. The molecule has 2 saturated carbocycles. The zero-order valence-electron chi connectivity index (χ0n) is 19.5. The lowest BCUT2D eigenvalue weighted by molar-refractivity contribution is -0.916. The molecule has 3 fully saturated rings. The Hall–Kier alpha value is -2.17. The topological polar surface area (TPSA) is 49.3 Å². The molecule has 0 radical (unpaired) electrons. The average Bonchev–Trinajstić information content (AvgIpc) is 3.16. The molecule has 0 aromatic heterocycles. The molecule has 3 aliphatic rings. The molecule has 2 aromatic rings. The third-order valence-electron chi connectivity index (χ3n) is 8.46. The van der Waals surface area contributed by atoms with Crippen molar-refractivity contribution in [1.29, 1.82) is 0 Å². The van der Waals surface area contributed by atoms with Crippen molar-refractivity contribution in [2.45, 2.75) is 44.8 Å². The summed E-state index contributed by atoms with van der Waals surface area (Å²) < 4.78 is 1.10. The molecule has 0 bridgehead atoms. The highest BCUT2D eigenvalue weighted by Gasteiger charge is 2.61.